The fourth-order valence-corrected chi connectivity index (χ4v) is 5.70. The molecule has 0 atom stereocenters. The zero-order valence-electron chi connectivity index (χ0n) is 16.5. The molecule has 0 radical (unpaired) electrons. The van der Waals surface area contributed by atoms with E-state index in [1.165, 1.54) is 21.7 Å². The Labute approximate surface area is 190 Å². The van der Waals surface area contributed by atoms with Crippen LogP contribution in [0.2, 0.25) is 5.02 Å². The number of nitrogens with one attached hydrogen (secondary N) is 1. The number of nitrogens with zero attached hydrogens (tertiary/aromatic N) is 2. The molecule has 31 heavy (non-hydrogen) atoms. The van der Waals surface area contributed by atoms with E-state index in [0.29, 0.717) is 28.9 Å². The van der Waals surface area contributed by atoms with Crippen LogP contribution in [0.15, 0.2) is 64.9 Å². The molecule has 6 nitrogen and oxygen atoms in total. The topological polar surface area (TPSA) is 79.4 Å². The van der Waals surface area contributed by atoms with Crippen molar-refractivity contribution in [3.05, 3.63) is 70.6 Å². The minimum atomic E-state index is -3.44. The number of sulfonamides is 1. The summed E-state index contributed by atoms with van der Waals surface area (Å²) in [4.78, 5) is 16.9. The number of amides is 1. The van der Waals surface area contributed by atoms with Crippen LogP contribution in [-0.2, 0) is 14.8 Å². The predicted octanol–water partition coefficient (Wildman–Crippen LogP) is 4.90. The Morgan fingerprint density at radius 1 is 1.10 bits per heavy atom. The summed E-state index contributed by atoms with van der Waals surface area (Å²) in [6.07, 6.45) is 4.85. The van der Waals surface area contributed by atoms with Gasteiger partial charge in [0.05, 0.1) is 10.6 Å². The van der Waals surface area contributed by atoms with E-state index in [1.807, 2.05) is 23.6 Å². The summed E-state index contributed by atoms with van der Waals surface area (Å²) in [6, 6.07) is 13.9. The highest BCUT2D eigenvalue weighted by molar-refractivity contribution is 7.89. The Morgan fingerprint density at radius 3 is 2.52 bits per heavy atom. The van der Waals surface area contributed by atoms with E-state index in [-0.39, 0.29) is 10.8 Å². The van der Waals surface area contributed by atoms with Gasteiger partial charge in [0.2, 0.25) is 15.9 Å². The standard InChI is InChI=1S/C22H20ClN3O3S2/c23-19-6-2-1-5-16(19)9-12-21(27)25-22-24-20(15-30-22)17-7-10-18(11-8-17)31(28,29)26-13-3-4-14-26/h1-2,5-12,15H,3-4,13-14H2,(H,24,25,27). The van der Waals surface area contributed by atoms with E-state index in [9.17, 15) is 13.2 Å². The van der Waals surface area contributed by atoms with Gasteiger partial charge in [-0.2, -0.15) is 4.31 Å². The Balaban J connectivity index is 1.42. The van der Waals surface area contributed by atoms with Crippen molar-refractivity contribution < 1.29 is 13.2 Å². The molecule has 4 rings (SSSR count). The van der Waals surface area contributed by atoms with Gasteiger partial charge in [0.15, 0.2) is 5.13 Å². The molecule has 2 heterocycles. The van der Waals surface area contributed by atoms with E-state index < -0.39 is 10.0 Å². The van der Waals surface area contributed by atoms with Crippen molar-refractivity contribution in [1.29, 1.82) is 0 Å². The zero-order chi connectivity index (χ0) is 21.8. The van der Waals surface area contributed by atoms with Crippen LogP contribution in [0.25, 0.3) is 17.3 Å². The van der Waals surface area contributed by atoms with Gasteiger partial charge >= 0.3 is 0 Å². The highest BCUT2D eigenvalue weighted by atomic mass is 35.5. The largest absolute Gasteiger partial charge is 0.298 e. The molecule has 2 aromatic carbocycles. The molecule has 0 aliphatic carbocycles. The Morgan fingerprint density at radius 2 is 1.81 bits per heavy atom. The second-order valence-electron chi connectivity index (χ2n) is 7.02. The lowest BCUT2D eigenvalue weighted by Gasteiger charge is -2.15. The normalized spacial score (nSPS) is 14.9. The minimum Gasteiger partial charge on any atom is -0.298 e. The maximum absolute atomic E-state index is 12.6. The summed E-state index contributed by atoms with van der Waals surface area (Å²) in [6.45, 7) is 1.15. The molecule has 0 unspecified atom stereocenters. The van der Waals surface area contributed by atoms with Crippen LogP contribution in [0.1, 0.15) is 18.4 Å². The summed E-state index contributed by atoms with van der Waals surface area (Å²) < 4.78 is 26.8. The van der Waals surface area contributed by atoms with Crippen LogP contribution in [0.5, 0.6) is 0 Å². The Hall–Kier alpha value is -2.52. The molecule has 0 spiro atoms. The third-order valence-corrected chi connectivity index (χ3v) is 7.92. The van der Waals surface area contributed by atoms with Crippen LogP contribution in [-0.4, -0.2) is 36.7 Å². The number of benzene rings is 2. The van der Waals surface area contributed by atoms with Gasteiger partial charge in [0.1, 0.15) is 0 Å². The molecule has 0 saturated carbocycles. The maximum Gasteiger partial charge on any atom is 0.250 e. The van der Waals surface area contributed by atoms with Crippen molar-refractivity contribution >= 4 is 50.1 Å². The van der Waals surface area contributed by atoms with E-state index in [1.54, 1.807) is 36.4 Å². The Bertz CT molecular complexity index is 1210. The molecule has 1 aromatic heterocycles. The average Bonchev–Trinajstić information content (AvgIpc) is 3.46. The molecule has 0 bridgehead atoms. The van der Waals surface area contributed by atoms with Gasteiger partial charge in [-0.25, -0.2) is 13.4 Å². The number of carbonyl (C=O) groups excluding carboxylic acids is 1. The molecule has 160 valence electrons. The predicted molar refractivity (Wildman–Crippen MR) is 125 cm³/mol. The minimum absolute atomic E-state index is 0.284. The maximum atomic E-state index is 12.6. The van der Waals surface area contributed by atoms with Crippen LogP contribution in [0.4, 0.5) is 5.13 Å². The molecular formula is C22H20ClN3O3S2. The number of carbonyl (C=O) groups is 1. The third kappa shape index (κ3) is 5.04. The lowest BCUT2D eigenvalue weighted by atomic mass is 10.2. The van der Waals surface area contributed by atoms with Crippen LogP contribution >= 0.6 is 22.9 Å². The molecule has 1 amide bonds. The summed E-state index contributed by atoms with van der Waals surface area (Å²) in [5.74, 6) is -0.312. The van der Waals surface area contributed by atoms with Gasteiger partial charge in [0.25, 0.3) is 0 Å². The molecule has 1 aliphatic heterocycles. The van der Waals surface area contributed by atoms with E-state index in [0.717, 1.165) is 24.0 Å². The fourth-order valence-electron chi connectivity index (χ4n) is 3.26. The molecule has 3 aromatic rings. The number of rotatable bonds is 6. The molecule has 1 aliphatic rings. The van der Waals surface area contributed by atoms with Crippen molar-refractivity contribution in [2.45, 2.75) is 17.7 Å². The third-order valence-electron chi connectivity index (χ3n) is 4.91. The fraction of sp³-hybridized carbons (Fsp3) is 0.182. The van der Waals surface area contributed by atoms with E-state index in [4.69, 9.17) is 11.6 Å². The lowest BCUT2D eigenvalue weighted by Crippen LogP contribution is -2.27. The second-order valence-corrected chi connectivity index (χ2v) is 10.2. The number of halogens is 1. The Kier molecular flexibility index (Phi) is 6.52. The van der Waals surface area contributed by atoms with Crippen molar-refractivity contribution in [2.24, 2.45) is 0 Å². The molecule has 1 saturated heterocycles. The second kappa shape index (κ2) is 9.32. The summed E-state index contributed by atoms with van der Waals surface area (Å²) in [5, 5.41) is 5.57. The molecular weight excluding hydrogens is 454 g/mol. The van der Waals surface area contributed by atoms with Gasteiger partial charge in [-0.1, -0.05) is 41.9 Å². The number of hydrogen-bond acceptors (Lipinski definition) is 5. The monoisotopic (exact) mass is 473 g/mol. The van der Waals surface area contributed by atoms with E-state index in [2.05, 4.69) is 10.3 Å². The smallest absolute Gasteiger partial charge is 0.250 e. The number of hydrogen-bond donors (Lipinski definition) is 1. The molecule has 1 fully saturated rings. The summed E-state index contributed by atoms with van der Waals surface area (Å²) in [7, 11) is -3.44. The summed E-state index contributed by atoms with van der Waals surface area (Å²) in [5.41, 5.74) is 2.20. The number of anilines is 1. The van der Waals surface area contributed by atoms with Crippen molar-refractivity contribution in [1.82, 2.24) is 9.29 Å². The first kappa shape index (κ1) is 21.7. The van der Waals surface area contributed by atoms with Crippen LogP contribution in [0.3, 0.4) is 0 Å². The van der Waals surface area contributed by atoms with E-state index >= 15 is 0 Å². The summed E-state index contributed by atoms with van der Waals surface area (Å²) >= 11 is 7.38. The first-order valence-electron chi connectivity index (χ1n) is 9.73. The van der Waals surface area contributed by atoms with Gasteiger partial charge in [0, 0.05) is 35.1 Å². The van der Waals surface area contributed by atoms with Crippen molar-refractivity contribution in [2.75, 3.05) is 18.4 Å². The van der Waals surface area contributed by atoms with Crippen molar-refractivity contribution in [3.8, 4) is 11.3 Å². The first-order chi connectivity index (χ1) is 14.9. The van der Waals surface area contributed by atoms with Crippen LogP contribution < -0.4 is 5.32 Å². The number of aromatic nitrogens is 1. The van der Waals surface area contributed by atoms with Gasteiger partial charge in [-0.05, 0) is 42.7 Å². The highest BCUT2D eigenvalue weighted by Gasteiger charge is 2.27. The van der Waals surface area contributed by atoms with Crippen LogP contribution in [0, 0.1) is 0 Å². The van der Waals surface area contributed by atoms with Gasteiger partial charge in [-0.3, -0.25) is 10.1 Å². The van der Waals surface area contributed by atoms with Gasteiger partial charge in [-0.15, -0.1) is 11.3 Å². The van der Waals surface area contributed by atoms with Crippen molar-refractivity contribution in [3.63, 3.8) is 0 Å². The average molecular weight is 474 g/mol. The number of thiazole rings is 1. The quantitative estimate of drug-likeness (QED) is 0.516. The molecule has 9 heteroatoms. The SMILES string of the molecule is O=C(C=Cc1ccccc1Cl)Nc1nc(-c2ccc(S(=O)(=O)N3CCCC3)cc2)cs1. The lowest BCUT2D eigenvalue weighted by molar-refractivity contribution is -0.111. The van der Waals surface area contributed by atoms with Gasteiger partial charge < -0.3 is 0 Å². The highest BCUT2D eigenvalue weighted by Crippen LogP contribution is 2.27. The molecule has 1 N–H and O–H groups in total. The zero-order valence-corrected chi connectivity index (χ0v) is 18.9. The first-order valence-corrected chi connectivity index (χ1v) is 12.4.